The number of nitrogens with zero attached hydrogens (tertiary/aromatic N) is 3. The van der Waals surface area contributed by atoms with Crippen LogP contribution in [0.25, 0.3) is 0 Å². The Kier molecular flexibility index (Phi) is 4.56. The van der Waals surface area contributed by atoms with E-state index >= 15 is 0 Å². The van der Waals surface area contributed by atoms with E-state index in [1.165, 1.54) is 31.3 Å². The number of aromatic nitrogens is 3. The first-order valence-electron chi connectivity index (χ1n) is 8.46. The van der Waals surface area contributed by atoms with Gasteiger partial charge in [-0.25, -0.2) is 18.9 Å². The second kappa shape index (κ2) is 7.18. The fourth-order valence-electron chi connectivity index (χ4n) is 3.06. The summed E-state index contributed by atoms with van der Waals surface area (Å²) in [5.74, 6) is 0.150. The predicted molar refractivity (Wildman–Crippen MR) is 96.8 cm³/mol. The van der Waals surface area contributed by atoms with E-state index in [4.69, 9.17) is 14.2 Å². The highest BCUT2D eigenvalue weighted by Crippen LogP contribution is 2.41. The smallest absolute Gasteiger partial charge is 0.344 e. The molecule has 1 N–H and O–H groups in total. The van der Waals surface area contributed by atoms with Crippen molar-refractivity contribution in [1.29, 1.82) is 0 Å². The summed E-state index contributed by atoms with van der Waals surface area (Å²) in [7, 11) is 2.95. The molecule has 0 saturated heterocycles. The van der Waals surface area contributed by atoms with Crippen molar-refractivity contribution >= 4 is 11.9 Å². The maximum absolute atomic E-state index is 13.8. The van der Waals surface area contributed by atoms with Gasteiger partial charge in [-0.1, -0.05) is 18.2 Å². The van der Waals surface area contributed by atoms with E-state index in [0.29, 0.717) is 28.2 Å². The molecule has 2 heterocycles. The van der Waals surface area contributed by atoms with Crippen LogP contribution >= 0.6 is 0 Å². The Balaban J connectivity index is 1.55. The summed E-state index contributed by atoms with van der Waals surface area (Å²) in [5, 5.41) is 7.23. The maximum Gasteiger partial charge on any atom is 0.344 e. The zero-order chi connectivity index (χ0) is 19.7. The molecule has 2 aromatic carbocycles. The number of hydrogen-bond acceptors (Lipinski definition) is 7. The third-order valence-electron chi connectivity index (χ3n) is 4.38. The molecule has 0 spiro atoms. The lowest BCUT2D eigenvalue weighted by Crippen LogP contribution is -2.12. The van der Waals surface area contributed by atoms with Gasteiger partial charge in [-0.15, -0.1) is 5.10 Å². The largest absolute Gasteiger partial charge is 0.493 e. The van der Waals surface area contributed by atoms with Crippen LogP contribution < -0.4 is 14.8 Å². The maximum atomic E-state index is 13.8. The van der Waals surface area contributed by atoms with Crippen LogP contribution in [-0.4, -0.2) is 35.0 Å². The van der Waals surface area contributed by atoms with E-state index in [2.05, 4.69) is 15.4 Å². The summed E-state index contributed by atoms with van der Waals surface area (Å²) in [6.07, 6.45) is 0.702. The van der Waals surface area contributed by atoms with Gasteiger partial charge >= 0.3 is 5.97 Å². The molecule has 0 aliphatic carbocycles. The first kappa shape index (κ1) is 17.8. The third-order valence-corrected chi connectivity index (χ3v) is 4.38. The van der Waals surface area contributed by atoms with E-state index < -0.39 is 12.2 Å². The molecule has 0 bridgehead atoms. The van der Waals surface area contributed by atoms with E-state index in [9.17, 15) is 9.18 Å². The molecule has 1 aliphatic heterocycles. The van der Waals surface area contributed by atoms with Crippen molar-refractivity contribution in [2.45, 2.75) is 12.8 Å². The van der Waals surface area contributed by atoms with Crippen molar-refractivity contribution in [3.63, 3.8) is 0 Å². The lowest BCUT2D eigenvalue weighted by atomic mass is 10.1. The number of rotatable bonds is 6. The molecule has 1 aromatic heterocycles. The fourth-order valence-corrected chi connectivity index (χ4v) is 3.06. The van der Waals surface area contributed by atoms with E-state index in [1.807, 2.05) is 0 Å². The number of halogens is 1. The van der Waals surface area contributed by atoms with Gasteiger partial charge in [0.05, 0.1) is 20.8 Å². The van der Waals surface area contributed by atoms with Crippen LogP contribution in [0.5, 0.6) is 11.5 Å². The number of esters is 1. The average molecular weight is 384 g/mol. The van der Waals surface area contributed by atoms with Gasteiger partial charge in [0, 0.05) is 11.1 Å². The Morgan fingerprint density at radius 1 is 1.21 bits per heavy atom. The van der Waals surface area contributed by atoms with Crippen LogP contribution in [0.1, 0.15) is 27.7 Å². The summed E-state index contributed by atoms with van der Waals surface area (Å²) >= 11 is 0. The summed E-state index contributed by atoms with van der Waals surface area (Å²) in [4.78, 5) is 16.5. The molecule has 0 unspecified atom stereocenters. The Bertz CT molecular complexity index is 1040. The summed E-state index contributed by atoms with van der Waals surface area (Å²) in [6.45, 7) is 0.230. The zero-order valence-corrected chi connectivity index (χ0v) is 15.2. The Morgan fingerprint density at radius 2 is 2.04 bits per heavy atom. The Labute approximate surface area is 159 Å². The second-order valence-corrected chi connectivity index (χ2v) is 6.05. The predicted octanol–water partition coefficient (Wildman–Crippen LogP) is 2.76. The quantitative estimate of drug-likeness (QED) is 0.654. The molecule has 144 valence electrons. The number of benzene rings is 2. The molecule has 4 rings (SSSR count). The monoisotopic (exact) mass is 384 g/mol. The molecular weight excluding hydrogens is 367 g/mol. The van der Waals surface area contributed by atoms with Crippen LogP contribution in [0.3, 0.4) is 0 Å². The lowest BCUT2D eigenvalue weighted by Gasteiger charge is -2.12. The van der Waals surface area contributed by atoms with Gasteiger partial charge in [-0.3, -0.25) is 0 Å². The number of carbonyl (C=O) groups is 1. The third kappa shape index (κ3) is 3.11. The minimum atomic E-state index is -0.772. The zero-order valence-electron chi connectivity index (χ0n) is 15.2. The molecule has 8 nitrogen and oxygen atoms in total. The summed E-state index contributed by atoms with van der Waals surface area (Å²) < 4.78 is 31.2. The molecule has 0 amide bonds. The summed E-state index contributed by atoms with van der Waals surface area (Å²) in [5.41, 5.74) is 1.38. The number of anilines is 1. The van der Waals surface area contributed by atoms with Gasteiger partial charge in [0.2, 0.25) is 12.2 Å². The number of fused-ring (bicyclic) bond motifs is 1. The molecule has 1 aliphatic rings. The van der Waals surface area contributed by atoms with Crippen LogP contribution in [-0.2, 0) is 11.3 Å². The highest BCUT2D eigenvalue weighted by Gasteiger charge is 2.36. The minimum Gasteiger partial charge on any atom is -0.493 e. The van der Waals surface area contributed by atoms with Gasteiger partial charge in [0.25, 0.3) is 0 Å². The van der Waals surface area contributed by atoms with Crippen LogP contribution in [0.15, 0.2) is 42.7 Å². The highest BCUT2D eigenvalue weighted by molar-refractivity contribution is 5.98. The number of methoxy groups -OCH3 is 2. The number of ether oxygens (including phenoxy) is 3. The number of cyclic esters (lactones) is 1. The van der Waals surface area contributed by atoms with Crippen molar-refractivity contribution < 1.29 is 23.4 Å². The van der Waals surface area contributed by atoms with Gasteiger partial charge in [-0.2, -0.15) is 0 Å². The SMILES string of the molecule is COc1ccc2c(c1OC)C(=O)O[C@@H]2Nc1ncn(Cc2ccccc2F)n1. The molecule has 0 fully saturated rings. The topological polar surface area (TPSA) is 87.5 Å². The Morgan fingerprint density at radius 3 is 2.79 bits per heavy atom. The first-order chi connectivity index (χ1) is 13.6. The van der Waals surface area contributed by atoms with E-state index in [0.717, 1.165) is 0 Å². The molecule has 3 aromatic rings. The van der Waals surface area contributed by atoms with E-state index in [-0.39, 0.29) is 18.3 Å². The van der Waals surface area contributed by atoms with Crippen molar-refractivity contribution in [1.82, 2.24) is 14.8 Å². The summed E-state index contributed by atoms with van der Waals surface area (Å²) in [6, 6.07) is 9.86. The van der Waals surface area contributed by atoms with Crippen molar-refractivity contribution in [2.24, 2.45) is 0 Å². The lowest BCUT2D eigenvalue weighted by molar-refractivity contribution is 0.0434. The second-order valence-electron chi connectivity index (χ2n) is 6.05. The van der Waals surface area contributed by atoms with Gasteiger partial charge in [0.1, 0.15) is 17.7 Å². The number of hydrogen-bond donors (Lipinski definition) is 1. The Hall–Kier alpha value is -3.62. The van der Waals surface area contributed by atoms with E-state index in [1.54, 1.807) is 30.3 Å². The normalized spacial score (nSPS) is 15.1. The van der Waals surface area contributed by atoms with Crippen molar-refractivity contribution in [3.05, 3.63) is 65.2 Å². The molecular formula is C19H17FN4O4. The van der Waals surface area contributed by atoms with Crippen molar-refractivity contribution in [3.8, 4) is 11.5 Å². The molecule has 28 heavy (non-hydrogen) atoms. The number of carbonyl (C=O) groups excluding carboxylic acids is 1. The minimum absolute atomic E-state index is 0.230. The fraction of sp³-hybridized carbons (Fsp3) is 0.211. The van der Waals surface area contributed by atoms with Crippen LogP contribution in [0.2, 0.25) is 0 Å². The standard InChI is InChI=1S/C19H17FN4O4/c1-26-14-8-7-12-15(16(14)27-2)18(25)28-17(12)22-19-21-10-24(23-19)9-11-5-3-4-6-13(11)20/h3-8,10,17H,9H2,1-2H3,(H,22,23)/t17-/m0/s1. The van der Waals surface area contributed by atoms with Gasteiger partial charge in [-0.05, 0) is 18.2 Å². The molecule has 0 saturated carbocycles. The first-order valence-corrected chi connectivity index (χ1v) is 8.46. The molecule has 0 radical (unpaired) electrons. The molecule has 9 heteroatoms. The van der Waals surface area contributed by atoms with Crippen LogP contribution in [0.4, 0.5) is 10.3 Å². The van der Waals surface area contributed by atoms with Crippen LogP contribution in [0, 0.1) is 5.82 Å². The van der Waals surface area contributed by atoms with Crippen molar-refractivity contribution in [2.75, 3.05) is 19.5 Å². The average Bonchev–Trinajstić information content (AvgIpc) is 3.27. The highest BCUT2D eigenvalue weighted by atomic mass is 19.1. The van der Waals surface area contributed by atoms with Gasteiger partial charge < -0.3 is 19.5 Å². The number of nitrogens with one attached hydrogen (secondary N) is 1. The molecule has 1 atom stereocenters. The van der Waals surface area contributed by atoms with Gasteiger partial charge in [0.15, 0.2) is 11.5 Å².